The number of rotatable bonds is 21. The van der Waals surface area contributed by atoms with Crippen molar-refractivity contribution in [3.8, 4) is 0 Å². The fourth-order valence-corrected chi connectivity index (χ4v) is 5.98. The molecular weight excluding hydrogens is 750 g/mol. The van der Waals surface area contributed by atoms with Crippen molar-refractivity contribution in [2.45, 2.75) is 155 Å². The van der Waals surface area contributed by atoms with Crippen LogP contribution in [0.2, 0.25) is 0 Å². The van der Waals surface area contributed by atoms with Crippen LogP contribution in [0.1, 0.15) is 98.8 Å². The maximum Gasteiger partial charge on any atom is 0.305 e. The van der Waals surface area contributed by atoms with Gasteiger partial charge in [-0.2, -0.15) is 0 Å². The molecule has 2 heterocycles. The van der Waals surface area contributed by atoms with Gasteiger partial charge in [0.2, 0.25) is 5.91 Å². The minimum atomic E-state index is -1.87. The van der Waals surface area contributed by atoms with Gasteiger partial charge in [-0.05, 0) is 12.8 Å². The van der Waals surface area contributed by atoms with E-state index in [4.69, 9.17) is 52.9 Å². The molecule has 2 aliphatic heterocycles. The lowest BCUT2D eigenvalue weighted by molar-refractivity contribution is -0.325. The molecule has 1 amide bonds. The number of ether oxygens (including phenoxy) is 11. The zero-order chi connectivity index (χ0) is 44.8. The molecule has 0 saturated carbocycles. The number of esters is 7. The molecule has 2 fully saturated rings. The van der Waals surface area contributed by atoms with Crippen LogP contribution in [0, 0.1) is 0 Å². The lowest BCUT2D eigenvalue weighted by Crippen LogP contribution is -2.67. The van der Waals surface area contributed by atoms with Gasteiger partial charge in [-0.3, -0.25) is 38.4 Å². The highest BCUT2D eigenvalue weighted by atomic mass is 16.8. The van der Waals surface area contributed by atoms with Gasteiger partial charge >= 0.3 is 41.8 Å². The van der Waals surface area contributed by atoms with Gasteiger partial charge in [0.15, 0.2) is 43.1 Å². The van der Waals surface area contributed by atoms with Crippen LogP contribution in [0.4, 0.5) is 0 Å². The number of methoxy groups -OCH3 is 1. The van der Waals surface area contributed by atoms with E-state index in [-0.39, 0.29) is 12.6 Å². The van der Waals surface area contributed by atoms with Crippen LogP contribution < -0.4 is 5.32 Å². The summed E-state index contributed by atoms with van der Waals surface area (Å²) in [5.74, 6) is -7.21. The molecule has 20 nitrogen and oxygen atoms in total. The Morgan fingerprint density at radius 2 is 1.05 bits per heavy atom. The Balaban J connectivity index is 2.49. The summed E-state index contributed by atoms with van der Waals surface area (Å²) in [5, 5.41) is 2.62. The summed E-state index contributed by atoms with van der Waals surface area (Å²) < 4.78 is 90.8. The molecule has 2 rings (SSSR count). The van der Waals surface area contributed by atoms with Crippen molar-refractivity contribution in [1.82, 2.24) is 5.32 Å². The highest BCUT2D eigenvalue weighted by molar-refractivity contribution is 5.74. The number of carbonyl (C=O) groups excluding carboxylic acids is 8. The van der Waals surface area contributed by atoms with E-state index in [1.807, 2.05) is 0 Å². The van der Waals surface area contributed by atoms with Crippen molar-refractivity contribution in [2.24, 2.45) is 0 Å². The monoisotopic (exact) mass is 809 g/mol. The van der Waals surface area contributed by atoms with Gasteiger partial charge in [0.05, 0.1) is 13.7 Å². The third-order valence-electron chi connectivity index (χ3n) is 8.13. The predicted octanol–water partition coefficient (Wildman–Crippen LogP) is 1.10. The Hall–Kier alpha value is -4.40. The minimum Gasteiger partial charge on any atom is -0.469 e. The number of hydrogen-bond donors (Lipinski definition) is 1. The smallest absolute Gasteiger partial charge is 0.305 e. The summed E-state index contributed by atoms with van der Waals surface area (Å²) in [7, 11) is 1.33. The number of nitrogens with one attached hydrogen (secondary N) is 1. The Morgan fingerprint density at radius 3 is 1.64 bits per heavy atom. The van der Waals surface area contributed by atoms with Crippen molar-refractivity contribution < 1.29 is 95.9 Å². The van der Waals surface area contributed by atoms with Crippen LogP contribution in [0.15, 0.2) is 0 Å². The summed E-state index contributed by atoms with van der Waals surface area (Å²) in [6.07, 6.45) is -9.98. The third kappa shape index (κ3) is 16.8. The van der Waals surface area contributed by atoms with E-state index in [1.54, 1.807) is 0 Å². The molecule has 56 heavy (non-hydrogen) atoms. The summed E-state index contributed by atoms with van der Waals surface area (Å²) >= 11 is 0. The molecule has 1 N–H and O–H groups in total. The van der Waals surface area contributed by atoms with Gasteiger partial charge in [0.1, 0.15) is 24.9 Å². The SMILES string of the molecule is [2H]CC(=O)OC[C@H]1OC(OC[C@H]2O[C@@H](OCCCCCCCCC(=O)OC)[C@H](NC(C)=O)[C@@H](OC(C)=O)[C@@H]2OC(C)=O)[C@H](OC(=O)C[2H])[C@@H](OC(=O)C[2H])[C@H]1OC(=O)C[2H]. The van der Waals surface area contributed by atoms with Gasteiger partial charge in [-0.1, -0.05) is 25.7 Å². The molecule has 0 radical (unpaired) electrons. The molecule has 20 heteroatoms. The zero-order valence-electron chi connectivity index (χ0n) is 35.9. The van der Waals surface area contributed by atoms with Crippen molar-refractivity contribution >= 4 is 47.7 Å². The van der Waals surface area contributed by atoms with Crippen LogP contribution in [0.25, 0.3) is 0 Å². The largest absolute Gasteiger partial charge is 0.469 e. The van der Waals surface area contributed by atoms with E-state index >= 15 is 0 Å². The first-order valence-electron chi connectivity index (χ1n) is 20.5. The second kappa shape index (κ2) is 24.3. The van der Waals surface area contributed by atoms with Gasteiger partial charge in [0.25, 0.3) is 0 Å². The highest BCUT2D eigenvalue weighted by Gasteiger charge is 2.55. The van der Waals surface area contributed by atoms with Gasteiger partial charge < -0.3 is 57.4 Å². The minimum absolute atomic E-state index is 0.0819. The second-order valence-corrected chi connectivity index (χ2v) is 12.7. The fraction of sp³-hybridized carbons (Fsp3) is 0.778. The second-order valence-electron chi connectivity index (χ2n) is 12.7. The zero-order valence-corrected chi connectivity index (χ0v) is 31.9. The van der Waals surface area contributed by atoms with Crippen molar-refractivity contribution in [1.29, 1.82) is 0 Å². The molecule has 0 spiro atoms. The van der Waals surface area contributed by atoms with Crippen LogP contribution in [-0.4, -0.2) is 136 Å². The molecule has 2 aliphatic rings. The molecule has 1 unspecified atom stereocenters. The van der Waals surface area contributed by atoms with Crippen LogP contribution in [0.5, 0.6) is 0 Å². The van der Waals surface area contributed by atoms with Crippen molar-refractivity contribution in [2.75, 3.05) is 26.9 Å². The summed E-state index contributed by atoms with van der Waals surface area (Å²) in [6, 6.07) is -1.24. The number of hydrogen-bond acceptors (Lipinski definition) is 19. The first-order chi connectivity index (χ1) is 28.6. The Morgan fingerprint density at radius 1 is 0.554 bits per heavy atom. The molecule has 0 aromatic carbocycles. The first kappa shape index (κ1) is 41.2. The lowest BCUT2D eigenvalue weighted by Gasteiger charge is -2.46. The van der Waals surface area contributed by atoms with Crippen molar-refractivity contribution in [3.63, 3.8) is 0 Å². The average Bonchev–Trinajstić information content (AvgIpc) is 3.21. The summed E-state index contributed by atoms with van der Waals surface area (Å²) in [6.45, 7) is -1.74. The van der Waals surface area contributed by atoms with E-state index in [0.29, 0.717) is 25.7 Å². The van der Waals surface area contributed by atoms with Crippen LogP contribution >= 0.6 is 0 Å². The quantitative estimate of drug-likeness (QED) is 0.0968. The van der Waals surface area contributed by atoms with Crippen LogP contribution in [0.3, 0.4) is 0 Å². The topological polar surface area (TPSA) is 250 Å². The highest BCUT2D eigenvalue weighted by Crippen LogP contribution is 2.32. The number of carbonyl (C=O) groups is 8. The maximum atomic E-state index is 12.6. The molecule has 0 aliphatic carbocycles. The summed E-state index contributed by atoms with van der Waals surface area (Å²) in [4.78, 5) is 98.0. The normalized spacial score (nSPS) is 28.1. The molecule has 0 aromatic heterocycles. The standard InChI is InChI=1S/C36H55NO19/c1-19(38)37-29-32(52-23(5)42)30(50-21(3)40)27(55-35(29)47-16-14-12-10-9-11-13-15-28(45)46-8)18-49-36-34(54-25(7)44)33(53-24(6)43)31(51-22(4)41)26(56-36)17-48-20(2)39/h26-27,29-36H,9-18H2,1-8H3,(H,37,38)/t26-,27-,29-,30-,31+,32-,33+,34-,35-,36?/m1/s1/i2D,4D,6D,7D. The molecular formula is C36H55NO19. The van der Waals surface area contributed by atoms with Gasteiger partial charge in [0, 0.05) is 66.9 Å². The van der Waals surface area contributed by atoms with E-state index in [9.17, 15) is 38.4 Å². The van der Waals surface area contributed by atoms with E-state index < -0.39 is 144 Å². The van der Waals surface area contributed by atoms with Crippen LogP contribution in [-0.2, 0) is 90.5 Å². The van der Waals surface area contributed by atoms with E-state index in [2.05, 4.69) is 10.1 Å². The predicted molar refractivity (Wildman–Crippen MR) is 186 cm³/mol. The Bertz CT molecular complexity index is 1440. The Kier molecular flexibility index (Phi) is 17.9. The molecule has 2 saturated heterocycles. The lowest BCUT2D eigenvalue weighted by atomic mass is 9.95. The maximum absolute atomic E-state index is 12.6. The fourth-order valence-electron chi connectivity index (χ4n) is 5.98. The number of amides is 1. The molecule has 0 aromatic rings. The molecule has 318 valence electrons. The van der Waals surface area contributed by atoms with Gasteiger partial charge in [-0.25, -0.2) is 0 Å². The van der Waals surface area contributed by atoms with Crippen molar-refractivity contribution in [3.05, 3.63) is 0 Å². The summed E-state index contributed by atoms with van der Waals surface area (Å²) in [5.41, 5.74) is 0. The number of unbranched alkanes of at least 4 members (excludes halogenated alkanes) is 5. The molecule has 10 atom stereocenters. The third-order valence-corrected chi connectivity index (χ3v) is 8.13. The average molecular weight is 810 g/mol. The molecule has 0 bridgehead atoms. The van der Waals surface area contributed by atoms with E-state index in [1.165, 1.54) is 14.0 Å². The van der Waals surface area contributed by atoms with Gasteiger partial charge in [-0.15, -0.1) is 0 Å². The first-order valence-corrected chi connectivity index (χ1v) is 17.7. The Labute approximate surface area is 330 Å². The van der Waals surface area contributed by atoms with E-state index in [0.717, 1.165) is 33.1 Å².